The maximum absolute atomic E-state index is 13.2. The van der Waals surface area contributed by atoms with E-state index in [0.717, 1.165) is 12.0 Å². The molecule has 0 aromatic heterocycles. The van der Waals surface area contributed by atoms with Gasteiger partial charge >= 0.3 is 5.97 Å². The van der Waals surface area contributed by atoms with Gasteiger partial charge in [0.05, 0.1) is 12.0 Å². The van der Waals surface area contributed by atoms with E-state index in [1.54, 1.807) is 24.0 Å². The van der Waals surface area contributed by atoms with Gasteiger partial charge in [-0.15, -0.1) is 0 Å². The number of likely N-dealkylation sites (tertiary alicyclic amines) is 1. The van der Waals surface area contributed by atoms with Crippen LogP contribution in [0.15, 0.2) is 24.3 Å². The molecule has 0 bridgehead atoms. The lowest BCUT2D eigenvalue weighted by Crippen LogP contribution is -2.53. The van der Waals surface area contributed by atoms with Crippen LogP contribution in [-0.4, -0.2) is 36.5 Å². The van der Waals surface area contributed by atoms with Gasteiger partial charge in [0.2, 0.25) is 5.91 Å². The van der Waals surface area contributed by atoms with Gasteiger partial charge in [0, 0.05) is 18.5 Å². The van der Waals surface area contributed by atoms with Crippen LogP contribution in [0.3, 0.4) is 0 Å². The van der Waals surface area contributed by atoms with E-state index in [-0.39, 0.29) is 17.7 Å². The van der Waals surface area contributed by atoms with E-state index in [1.165, 1.54) is 12.1 Å². The Morgan fingerprint density at radius 1 is 1.24 bits per heavy atom. The molecule has 4 nitrogen and oxygen atoms in total. The first-order valence-corrected chi connectivity index (χ1v) is 8.89. The summed E-state index contributed by atoms with van der Waals surface area (Å²) >= 11 is 0. The van der Waals surface area contributed by atoms with Crippen LogP contribution in [-0.2, 0) is 20.7 Å². The van der Waals surface area contributed by atoms with Crippen molar-refractivity contribution in [3.05, 3.63) is 35.6 Å². The predicted octanol–water partition coefficient (Wildman–Crippen LogP) is 3.59. The number of carbonyl (C=O) groups excluding carboxylic acids is 2. The van der Waals surface area contributed by atoms with Crippen LogP contribution < -0.4 is 0 Å². The molecule has 1 amide bonds. The van der Waals surface area contributed by atoms with E-state index in [0.29, 0.717) is 32.5 Å². The smallest absolute Gasteiger partial charge is 0.314 e. The van der Waals surface area contributed by atoms with Gasteiger partial charge < -0.3 is 9.64 Å². The highest BCUT2D eigenvalue weighted by atomic mass is 19.1. The molecular weight excluding hydrogens is 321 g/mol. The first-order valence-electron chi connectivity index (χ1n) is 8.89. The zero-order chi connectivity index (χ0) is 18.7. The average Bonchev–Trinajstić information content (AvgIpc) is 2.56. The van der Waals surface area contributed by atoms with Gasteiger partial charge in [-0.25, -0.2) is 4.39 Å². The summed E-state index contributed by atoms with van der Waals surface area (Å²) in [6, 6.07) is 6.19. The SMILES string of the molecule is CCOC(=O)[C@]1(Cc2ccc(F)cc2)CCCN(C(=O)C(C)(C)C)C1. The second-order valence-corrected chi connectivity index (χ2v) is 7.88. The second kappa shape index (κ2) is 7.54. The number of benzene rings is 1. The van der Waals surface area contributed by atoms with Gasteiger partial charge in [0.25, 0.3) is 0 Å². The summed E-state index contributed by atoms with van der Waals surface area (Å²) in [4.78, 5) is 27.3. The van der Waals surface area contributed by atoms with Crippen molar-refractivity contribution >= 4 is 11.9 Å². The molecule has 1 aliphatic rings. The van der Waals surface area contributed by atoms with Gasteiger partial charge in [0.1, 0.15) is 5.82 Å². The number of rotatable bonds is 4. The van der Waals surface area contributed by atoms with Gasteiger partial charge in [-0.2, -0.15) is 0 Å². The van der Waals surface area contributed by atoms with Crippen LogP contribution >= 0.6 is 0 Å². The first-order chi connectivity index (χ1) is 11.7. The third-order valence-electron chi connectivity index (χ3n) is 4.67. The van der Waals surface area contributed by atoms with E-state index < -0.39 is 10.8 Å². The standard InChI is InChI=1S/C20H28FNO3/c1-5-25-18(24)20(13-15-7-9-16(21)10-8-15)11-6-12-22(14-20)17(23)19(2,3)4/h7-10H,5-6,11-14H2,1-4H3/t20-/m0/s1. The topological polar surface area (TPSA) is 46.6 Å². The molecule has 1 aromatic carbocycles. The van der Waals surface area contributed by atoms with Crippen molar-refractivity contribution in [2.24, 2.45) is 10.8 Å². The van der Waals surface area contributed by atoms with Crippen molar-refractivity contribution in [3.8, 4) is 0 Å². The fourth-order valence-electron chi connectivity index (χ4n) is 3.44. The summed E-state index contributed by atoms with van der Waals surface area (Å²) in [5, 5.41) is 0. The normalized spacial score (nSPS) is 21.1. The van der Waals surface area contributed by atoms with Crippen LogP contribution in [0.2, 0.25) is 0 Å². The molecule has 1 fully saturated rings. The molecular formula is C20H28FNO3. The molecule has 0 unspecified atom stereocenters. The van der Waals surface area contributed by atoms with E-state index >= 15 is 0 Å². The predicted molar refractivity (Wildman–Crippen MR) is 94.4 cm³/mol. The van der Waals surface area contributed by atoms with E-state index in [1.807, 2.05) is 20.8 Å². The number of amides is 1. The summed E-state index contributed by atoms with van der Waals surface area (Å²) in [5.41, 5.74) is -0.389. The Balaban J connectivity index is 2.29. The molecule has 25 heavy (non-hydrogen) atoms. The molecule has 1 atom stereocenters. The maximum Gasteiger partial charge on any atom is 0.314 e. The second-order valence-electron chi connectivity index (χ2n) is 7.88. The number of hydrogen-bond donors (Lipinski definition) is 0. The van der Waals surface area contributed by atoms with Crippen molar-refractivity contribution in [1.82, 2.24) is 4.90 Å². The molecule has 138 valence electrons. The summed E-state index contributed by atoms with van der Waals surface area (Å²) in [5.74, 6) is -0.534. The van der Waals surface area contributed by atoms with Crippen LogP contribution in [0, 0.1) is 16.6 Å². The van der Waals surface area contributed by atoms with Crippen molar-refractivity contribution in [1.29, 1.82) is 0 Å². The molecule has 1 aromatic rings. The lowest BCUT2D eigenvalue weighted by molar-refractivity contribution is -0.162. The summed E-state index contributed by atoms with van der Waals surface area (Å²) in [6.07, 6.45) is 1.86. The lowest BCUT2D eigenvalue weighted by Gasteiger charge is -2.43. The molecule has 0 N–H and O–H groups in total. The lowest BCUT2D eigenvalue weighted by atomic mass is 9.74. The number of ether oxygens (including phenoxy) is 1. The Bertz CT molecular complexity index is 621. The third-order valence-corrected chi connectivity index (χ3v) is 4.67. The van der Waals surface area contributed by atoms with E-state index in [4.69, 9.17) is 4.74 Å². The van der Waals surface area contributed by atoms with Crippen molar-refractivity contribution < 1.29 is 18.7 Å². The van der Waals surface area contributed by atoms with E-state index in [9.17, 15) is 14.0 Å². The van der Waals surface area contributed by atoms with Crippen LogP contribution in [0.4, 0.5) is 4.39 Å². The van der Waals surface area contributed by atoms with Crippen LogP contribution in [0.5, 0.6) is 0 Å². The number of halogens is 1. The van der Waals surface area contributed by atoms with Gasteiger partial charge in [0.15, 0.2) is 0 Å². The molecule has 1 heterocycles. The minimum atomic E-state index is -0.771. The Labute approximate surface area is 149 Å². The Morgan fingerprint density at radius 2 is 1.88 bits per heavy atom. The number of hydrogen-bond acceptors (Lipinski definition) is 3. The van der Waals surface area contributed by atoms with Crippen molar-refractivity contribution in [3.63, 3.8) is 0 Å². The quantitative estimate of drug-likeness (QED) is 0.781. The highest BCUT2D eigenvalue weighted by Crippen LogP contribution is 2.37. The van der Waals surface area contributed by atoms with Crippen molar-refractivity contribution in [2.45, 2.75) is 47.0 Å². The molecule has 1 saturated heterocycles. The number of piperidine rings is 1. The van der Waals surface area contributed by atoms with E-state index in [2.05, 4.69) is 0 Å². The summed E-state index contributed by atoms with van der Waals surface area (Å²) in [6.45, 7) is 8.74. The highest BCUT2D eigenvalue weighted by molar-refractivity contribution is 5.84. The molecule has 0 radical (unpaired) electrons. The molecule has 2 rings (SSSR count). The zero-order valence-electron chi connectivity index (χ0n) is 15.6. The molecule has 5 heteroatoms. The number of nitrogens with zero attached hydrogens (tertiary/aromatic N) is 1. The monoisotopic (exact) mass is 349 g/mol. The zero-order valence-corrected chi connectivity index (χ0v) is 15.6. The fourth-order valence-corrected chi connectivity index (χ4v) is 3.44. The highest BCUT2D eigenvalue weighted by Gasteiger charge is 2.46. The Kier molecular flexibility index (Phi) is 5.86. The maximum atomic E-state index is 13.2. The van der Waals surface area contributed by atoms with Crippen molar-refractivity contribution in [2.75, 3.05) is 19.7 Å². The van der Waals surface area contributed by atoms with Crippen LogP contribution in [0.25, 0.3) is 0 Å². The first kappa shape index (κ1) is 19.4. The minimum absolute atomic E-state index is 0.0416. The molecule has 0 saturated carbocycles. The largest absolute Gasteiger partial charge is 0.466 e. The summed E-state index contributed by atoms with van der Waals surface area (Å²) in [7, 11) is 0. The summed E-state index contributed by atoms with van der Waals surface area (Å²) < 4.78 is 18.5. The molecule has 1 aliphatic heterocycles. The molecule has 0 spiro atoms. The average molecular weight is 349 g/mol. The minimum Gasteiger partial charge on any atom is -0.466 e. The van der Waals surface area contributed by atoms with Crippen LogP contribution in [0.1, 0.15) is 46.1 Å². The Morgan fingerprint density at radius 3 is 2.44 bits per heavy atom. The molecule has 0 aliphatic carbocycles. The van der Waals surface area contributed by atoms with Gasteiger partial charge in [-0.3, -0.25) is 9.59 Å². The van der Waals surface area contributed by atoms with Gasteiger partial charge in [-0.05, 0) is 43.9 Å². The Hall–Kier alpha value is -1.91. The van der Waals surface area contributed by atoms with Gasteiger partial charge in [-0.1, -0.05) is 32.9 Å². The third kappa shape index (κ3) is 4.59. The number of esters is 1. The fraction of sp³-hybridized carbons (Fsp3) is 0.600. The number of carbonyl (C=O) groups is 2.